The van der Waals surface area contributed by atoms with Gasteiger partial charge in [-0.3, -0.25) is 4.79 Å². The molecule has 1 radical (unpaired) electrons. The molecule has 0 aromatic rings. The lowest BCUT2D eigenvalue weighted by atomic mass is 10.0. The average molecular weight is 336 g/mol. The van der Waals surface area contributed by atoms with Gasteiger partial charge in [0.2, 0.25) is 6.29 Å². The zero-order valence-electron chi connectivity index (χ0n) is 16.5. The van der Waals surface area contributed by atoms with Crippen LogP contribution in [0.3, 0.4) is 0 Å². The van der Waals surface area contributed by atoms with Gasteiger partial charge in [0.15, 0.2) is 0 Å². The van der Waals surface area contributed by atoms with E-state index in [0.717, 1.165) is 6.42 Å². The monoisotopic (exact) mass is 335 g/mol. The first kappa shape index (κ1) is 23.4. The van der Waals surface area contributed by atoms with Crippen molar-refractivity contribution in [2.75, 3.05) is 0 Å². The topological polar surface area (TPSA) is 17.1 Å². The fraction of sp³-hybridized carbons (Fsp3) is 0.870. The molecule has 0 heterocycles. The SMILES string of the molecule is C=CCCCCCCCCCCCCCCCCCCC(C)[C]=O. The van der Waals surface area contributed by atoms with Gasteiger partial charge in [0.1, 0.15) is 0 Å². The molecule has 0 saturated carbocycles. The van der Waals surface area contributed by atoms with Gasteiger partial charge >= 0.3 is 0 Å². The summed E-state index contributed by atoms with van der Waals surface area (Å²) in [6.45, 7) is 5.74. The summed E-state index contributed by atoms with van der Waals surface area (Å²) < 4.78 is 0. The standard InChI is InChI=1S/C23H43O/c1-3-4-5-6-7-8-9-10-11-12-13-14-15-16-17-18-19-20-21-23(2)22-24/h3,23H,1,4-21H2,2H3. The van der Waals surface area contributed by atoms with Crippen molar-refractivity contribution in [3.63, 3.8) is 0 Å². The van der Waals surface area contributed by atoms with Crippen molar-refractivity contribution < 1.29 is 4.79 Å². The van der Waals surface area contributed by atoms with Crippen molar-refractivity contribution in [1.29, 1.82) is 0 Å². The summed E-state index contributed by atoms with van der Waals surface area (Å²) in [5.41, 5.74) is 0. The molecule has 1 heteroatoms. The van der Waals surface area contributed by atoms with Gasteiger partial charge in [-0.05, 0) is 19.3 Å². The van der Waals surface area contributed by atoms with Crippen LogP contribution in [0.15, 0.2) is 12.7 Å². The van der Waals surface area contributed by atoms with E-state index in [1.807, 2.05) is 13.0 Å². The van der Waals surface area contributed by atoms with Crippen molar-refractivity contribution >= 4 is 6.29 Å². The van der Waals surface area contributed by atoms with E-state index in [4.69, 9.17) is 0 Å². The van der Waals surface area contributed by atoms with Crippen LogP contribution in [0.5, 0.6) is 0 Å². The summed E-state index contributed by atoms with van der Waals surface area (Å²) >= 11 is 0. The first-order valence-corrected chi connectivity index (χ1v) is 10.8. The Kier molecular flexibility index (Phi) is 20.0. The minimum absolute atomic E-state index is 0.141. The largest absolute Gasteiger partial charge is 0.291 e. The quantitative estimate of drug-likeness (QED) is 0.163. The Balaban J connectivity index is 3.00. The van der Waals surface area contributed by atoms with Crippen molar-refractivity contribution in [1.82, 2.24) is 0 Å². The van der Waals surface area contributed by atoms with Gasteiger partial charge in [-0.15, -0.1) is 6.58 Å². The number of carbonyl (C=O) groups excluding carboxylic acids is 1. The Morgan fingerprint density at radius 1 is 0.667 bits per heavy atom. The van der Waals surface area contributed by atoms with E-state index in [2.05, 4.69) is 12.9 Å². The summed E-state index contributed by atoms with van der Waals surface area (Å²) in [4.78, 5) is 10.4. The Bertz CT molecular complexity index is 259. The summed E-state index contributed by atoms with van der Waals surface area (Å²) in [5.74, 6) is 0.141. The minimum Gasteiger partial charge on any atom is -0.291 e. The zero-order valence-corrected chi connectivity index (χ0v) is 16.5. The van der Waals surface area contributed by atoms with E-state index in [9.17, 15) is 4.79 Å². The lowest BCUT2D eigenvalue weighted by molar-refractivity contribution is 0.496. The molecule has 0 fully saturated rings. The van der Waals surface area contributed by atoms with E-state index in [-0.39, 0.29) is 5.92 Å². The van der Waals surface area contributed by atoms with Gasteiger partial charge in [-0.1, -0.05) is 109 Å². The highest BCUT2D eigenvalue weighted by Gasteiger charge is 1.99. The van der Waals surface area contributed by atoms with Crippen LogP contribution in [0, 0.1) is 5.92 Å². The van der Waals surface area contributed by atoms with Crippen LogP contribution in [0.1, 0.15) is 122 Å². The van der Waals surface area contributed by atoms with E-state index in [1.54, 1.807) is 0 Å². The molecule has 141 valence electrons. The fourth-order valence-electron chi connectivity index (χ4n) is 3.27. The second-order valence-electron chi connectivity index (χ2n) is 7.54. The van der Waals surface area contributed by atoms with Crippen LogP contribution in [-0.4, -0.2) is 6.29 Å². The molecule has 0 spiro atoms. The maximum Gasteiger partial charge on any atom is 0.201 e. The van der Waals surface area contributed by atoms with Crippen LogP contribution >= 0.6 is 0 Å². The summed E-state index contributed by atoms with van der Waals surface area (Å²) in [6.07, 6.45) is 28.6. The highest BCUT2D eigenvalue weighted by molar-refractivity contribution is 5.53. The number of hydrogen-bond acceptors (Lipinski definition) is 1. The molecule has 0 saturated heterocycles. The lowest BCUT2D eigenvalue weighted by Crippen LogP contribution is -1.94. The Morgan fingerprint density at radius 2 is 1.00 bits per heavy atom. The van der Waals surface area contributed by atoms with E-state index >= 15 is 0 Å². The second kappa shape index (κ2) is 20.5. The maximum atomic E-state index is 10.4. The molecule has 0 bridgehead atoms. The highest BCUT2D eigenvalue weighted by Crippen LogP contribution is 2.15. The van der Waals surface area contributed by atoms with E-state index in [0.29, 0.717) is 0 Å². The van der Waals surface area contributed by atoms with Gasteiger partial charge in [-0.25, -0.2) is 0 Å². The van der Waals surface area contributed by atoms with Crippen LogP contribution in [0.4, 0.5) is 0 Å². The Hall–Kier alpha value is -0.590. The molecular weight excluding hydrogens is 292 g/mol. The summed E-state index contributed by atoms with van der Waals surface area (Å²) in [6, 6.07) is 0. The molecule has 0 amide bonds. The molecule has 0 rings (SSSR count). The third kappa shape index (κ3) is 19.5. The summed E-state index contributed by atoms with van der Waals surface area (Å²) in [5, 5.41) is 0. The predicted octanol–water partition coefficient (Wildman–Crippen LogP) is 7.94. The molecule has 0 aliphatic heterocycles. The Morgan fingerprint density at radius 3 is 1.33 bits per heavy atom. The van der Waals surface area contributed by atoms with Crippen LogP contribution in [-0.2, 0) is 4.79 Å². The third-order valence-corrected chi connectivity index (χ3v) is 5.00. The first-order chi connectivity index (χ1) is 11.8. The predicted molar refractivity (Wildman–Crippen MR) is 108 cm³/mol. The van der Waals surface area contributed by atoms with Crippen LogP contribution in [0.2, 0.25) is 0 Å². The maximum absolute atomic E-state index is 10.4. The number of rotatable bonds is 20. The second-order valence-corrected chi connectivity index (χ2v) is 7.54. The Labute approximate surface area is 152 Å². The molecule has 0 N–H and O–H groups in total. The van der Waals surface area contributed by atoms with Crippen LogP contribution in [0.25, 0.3) is 0 Å². The molecule has 1 atom stereocenters. The van der Waals surface area contributed by atoms with Crippen LogP contribution < -0.4 is 0 Å². The van der Waals surface area contributed by atoms with Crippen molar-refractivity contribution in [3.05, 3.63) is 12.7 Å². The fourth-order valence-corrected chi connectivity index (χ4v) is 3.27. The molecule has 1 nitrogen and oxygen atoms in total. The molecule has 0 aliphatic carbocycles. The molecule has 24 heavy (non-hydrogen) atoms. The van der Waals surface area contributed by atoms with Gasteiger partial charge in [0, 0.05) is 5.92 Å². The van der Waals surface area contributed by atoms with Crippen molar-refractivity contribution in [2.24, 2.45) is 5.92 Å². The van der Waals surface area contributed by atoms with E-state index < -0.39 is 0 Å². The first-order valence-electron chi connectivity index (χ1n) is 10.8. The van der Waals surface area contributed by atoms with E-state index in [1.165, 1.54) is 109 Å². The molecule has 1 unspecified atom stereocenters. The van der Waals surface area contributed by atoms with Crippen molar-refractivity contribution in [3.8, 4) is 0 Å². The molecule has 0 aromatic heterocycles. The number of hydrogen-bond donors (Lipinski definition) is 0. The van der Waals surface area contributed by atoms with Crippen molar-refractivity contribution in [2.45, 2.75) is 122 Å². The van der Waals surface area contributed by atoms with Gasteiger partial charge in [-0.2, -0.15) is 0 Å². The average Bonchev–Trinajstić information content (AvgIpc) is 2.60. The molecule has 0 aliphatic rings. The van der Waals surface area contributed by atoms with Gasteiger partial charge < -0.3 is 0 Å². The zero-order chi connectivity index (χ0) is 17.7. The molecular formula is C23H43O. The smallest absolute Gasteiger partial charge is 0.201 e. The normalized spacial score (nSPS) is 12.2. The van der Waals surface area contributed by atoms with Gasteiger partial charge in [0.25, 0.3) is 0 Å². The lowest BCUT2D eigenvalue weighted by Gasteiger charge is -2.04. The summed E-state index contributed by atoms with van der Waals surface area (Å²) in [7, 11) is 0. The van der Waals surface area contributed by atoms with Gasteiger partial charge in [0.05, 0.1) is 0 Å². The molecule has 0 aromatic carbocycles. The number of unbranched alkanes of at least 4 members (excludes halogenated alkanes) is 16. The third-order valence-electron chi connectivity index (χ3n) is 5.00. The number of allylic oxidation sites excluding steroid dienone is 1. The minimum atomic E-state index is 0.141. The highest BCUT2D eigenvalue weighted by atomic mass is 16.1.